The number of aryl methyl sites for hydroxylation is 1. The number of fused-ring (bicyclic) bond motifs is 1. The number of hydrogen-bond donors (Lipinski definition) is 2. The molecule has 1 unspecified atom stereocenters. The summed E-state index contributed by atoms with van der Waals surface area (Å²) in [6.45, 7) is 4.13. The molecule has 0 aromatic carbocycles. The number of carboxylic acids is 1. The average molecular weight is 295 g/mol. The van der Waals surface area contributed by atoms with Crippen molar-refractivity contribution in [1.82, 2.24) is 5.32 Å². The Labute approximate surface area is 123 Å². The number of carbonyl (C=O) groups is 2. The highest BCUT2D eigenvalue weighted by Gasteiger charge is 2.24. The standard InChI is InChI=1S/C15H21NO3S/c1-3-4-11(15(18)19)16-14(17)13-8-10-7-9(2)5-6-12(10)20-13/h8-9,11H,3-7H2,1-2H3,(H,16,17)(H,18,19)/t9?,11-/m0/s1. The van der Waals surface area contributed by atoms with Gasteiger partial charge in [0.25, 0.3) is 5.91 Å². The smallest absolute Gasteiger partial charge is 0.326 e. The van der Waals surface area contributed by atoms with E-state index in [1.807, 2.05) is 13.0 Å². The molecular formula is C15H21NO3S. The van der Waals surface area contributed by atoms with E-state index in [0.717, 1.165) is 19.3 Å². The molecule has 2 atom stereocenters. The van der Waals surface area contributed by atoms with Gasteiger partial charge in [0.15, 0.2) is 0 Å². The number of amides is 1. The average Bonchev–Trinajstić information content (AvgIpc) is 2.80. The maximum Gasteiger partial charge on any atom is 0.326 e. The first kappa shape index (κ1) is 15.0. The lowest BCUT2D eigenvalue weighted by molar-refractivity contribution is -0.139. The van der Waals surface area contributed by atoms with Gasteiger partial charge in [-0.3, -0.25) is 4.79 Å². The van der Waals surface area contributed by atoms with Gasteiger partial charge in [-0.05, 0) is 43.2 Å². The minimum atomic E-state index is -0.963. The molecule has 1 aromatic rings. The van der Waals surface area contributed by atoms with E-state index >= 15 is 0 Å². The fourth-order valence-electron chi connectivity index (χ4n) is 2.59. The van der Waals surface area contributed by atoms with Gasteiger partial charge in [-0.25, -0.2) is 4.79 Å². The summed E-state index contributed by atoms with van der Waals surface area (Å²) in [5.41, 5.74) is 1.27. The quantitative estimate of drug-likeness (QED) is 0.878. The molecule has 5 heteroatoms. The molecule has 0 aliphatic heterocycles. The summed E-state index contributed by atoms with van der Waals surface area (Å²) in [6.07, 6.45) is 4.42. The Morgan fingerprint density at radius 2 is 2.30 bits per heavy atom. The Balaban J connectivity index is 2.08. The highest BCUT2D eigenvalue weighted by atomic mass is 32.1. The second-order valence-electron chi connectivity index (χ2n) is 5.56. The van der Waals surface area contributed by atoms with Crippen LogP contribution < -0.4 is 5.32 Å². The number of thiophene rings is 1. The maximum atomic E-state index is 12.2. The van der Waals surface area contributed by atoms with Crippen LogP contribution in [0.5, 0.6) is 0 Å². The molecule has 1 aliphatic rings. The van der Waals surface area contributed by atoms with E-state index in [4.69, 9.17) is 5.11 Å². The van der Waals surface area contributed by atoms with Crippen molar-refractivity contribution in [3.63, 3.8) is 0 Å². The van der Waals surface area contributed by atoms with E-state index in [-0.39, 0.29) is 5.91 Å². The first-order valence-electron chi connectivity index (χ1n) is 7.16. The number of nitrogens with one attached hydrogen (secondary N) is 1. The van der Waals surface area contributed by atoms with Crippen molar-refractivity contribution < 1.29 is 14.7 Å². The second kappa shape index (κ2) is 6.39. The zero-order chi connectivity index (χ0) is 14.7. The highest BCUT2D eigenvalue weighted by molar-refractivity contribution is 7.14. The molecule has 0 bridgehead atoms. The van der Waals surface area contributed by atoms with Gasteiger partial charge < -0.3 is 10.4 Å². The van der Waals surface area contributed by atoms with Crippen LogP contribution in [-0.2, 0) is 17.6 Å². The summed E-state index contributed by atoms with van der Waals surface area (Å²) >= 11 is 1.51. The zero-order valence-electron chi connectivity index (χ0n) is 11.9. The molecule has 0 fully saturated rings. The fourth-order valence-corrected chi connectivity index (χ4v) is 3.70. The molecule has 20 heavy (non-hydrogen) atoms. The number of carbonyl (C=O) groups excluding carboxylic acids is 1. The molecule has 2 rings (SSSR count). The Morgan fingerprint density at radius 1 is 1.55 bits per heavy atom. The van der Waals surface area contributed by atoms with Crippen LogP contribution in [0.15, 0.2) is 6.07 Å². The van der Waals surface area contributed by atoms with Crippen LogP contribution in [0.4, 0.5) is 0 Å². The number of hydrogen-bond acceptors (Lipinski definition) is 3. The lowest BCUT2D eigenvalue weighted by atomic mass is 9.90. The van der Waals surface area contributed by atoms with Crippen molar-refractivity contribution in [1.29, 1.82) is 0 Å². The number of aliphatic carboxylic acids is 1. The zero-order valence-corrected chi connectivity index (χ0v) is 12.8. The SMILES string of the molecule is CCC[C@H](NC(=O)c1cc2c(s1)CCC(C)C2)C(=O)O. The number of carboxylic acid groups (broad SMARTS) is 1. The maximum absolute atomic E-state index is 12.2. The summed E-state index contributed by atoms with van der Waals surface area (Å²) in [6, 6.07) is 1.15. The van der Waals surface area contributed by atoms with E-state index in [1.54, 1.807) is 0 Å². The van der Waals surface area contributed by atoms with E-state index in [2.05, 4.69) is 12.2 Å². The van der Waals surface area contributed by atoms with Crippen LogP contribution in [-0.4, -0.2) is 23.0 Å². The molecule has 1 amide bonds. The fraction of sp³-hybridized carbons (Fsp3) is 0.600. The molecular weight excluding hydrogens is 274 g/mol. The van der Waals surface area contributed by atoms with Crippen molar-refractivity contribution in [2.75, 3.05) is 0 Å². The molecule has 1 aromatic heterocycles. The van der Waals surface area contributed by atoms with Gasteiger partial charge in [-0.15, -0.1) is 11.3 Å². The monoisotopic (exact) mass is 295 g/mol. The van der Waals surface area contributed by atoms with Gasteiger partial charge in [0.05, 0.1) is 4.88 Å². The van der Waals surface area contributed by atoms with Gasteiger partial charge in [-0.2, -0.15) is 0 Å². The van der Waals surface area contributed by atoms with E-state index in [0.29, 0.717) is 17.2 Å². The lowest BCUT2D eigenvalue weighted by Gasteiger charge is -2.16. The van der Waals surface area contributed by atoms with Gasteiger partial charge in [0, 0.05) is 4.88 Å². The van der Waals surface area contributed by atoms with Crippen LogP contribution in [0.3, 0.4) is 0 Å². The van der Waals surface area contributed by atoms with E-state index < -0.39 is 12.0 Å². The predicted octanol–water partition coefficient (Wildman–Crippen LogP) is 2.86. The van der Waals surface area contributed by atoms with Gasteiger partial charge in [-0.1, -0.05) is 20.3 Å². The van der Waals surface area contributed by atoms with Crippen molar-refractivity contribution in [2.24, 2.45) is 5.92 Å². The minimum Gasteiger partial charge on any atom is -0.480 e. The molecule has 0 saturated heterocycles. The molecule has 0 radical (unpaired) electrons. The Hall–Kier alpha value is -1.36. The van der Waals surface area contributed by atoms with Crippen LogP contribution in [0.1, 0.15) is 53.2 Å². The minimum absolute atomic E-state index is 0.252. The van der Waals surface area contributed by atoms with Crippen molar-refractivity contribution in [3.05, 3.63) is 21.4 Å². The number of rotatable bonds is 5. The predicted molar refractivity (Wildman–Crippen MR) is 79.3 cm³/mol. The molecule has 110 valence electrons. The molecule has 1 aliphatic carbocycles. The summed E-state index contributed by atoms with van der Waals surface area (Å²) < 4.78 is 0. The van der Waals surface area contributed by atoms with Crippen LogP contribution in [0.2, 0.25) is 0 Å². The van der Waals surface area contributed by atoms with Crippen molar-refractivity contribution >= 4 is 23.2 Å². The van der Waals surface area contributed by atoms with Crippen LogP contribution in [0.25, 0.3) is 0 Å². The third kappa shape index (κ3) is 3.39. The van der Waals surface area contributed by atoms with E-state index in [9.17, 15) is 9.59 Å². The Morgan fingerprint density at radius 3 is 2.95 bits per heavy atom. The largest absolute Gasteiger partial charge is 0.480 e. The third-order valence-electron chi connectivity index (χ3n) is 3.73. The van der Waals surface area contributed by atoms with Gasteiger partial charge in [0.1, 0.15) is 6.04 Å². The summed E-state index contributed by atoms with van der Waals surface area (Å²) in [5, 5.41) is 11.7. The molecule has 4 nitrogen and oxygen atoms in total. The second-order valence-corrected chi connectivity index (χ2v) is 6.70. The lowest BCUT2D eigenvalue weighted by Crippen LogP contribution is -2.40. The molecule has 0 saturated carbocycles. The summed E-state index contributed by atoms with van der Waals surface area (Å²) in [4.78, 5) is 25.2. The first-order chi connectivity index (χ1) is 9.51. The normalized spacial score (nSPS) is 19.2. The Bertz CT molecular complexity index is 509. The van der Waals surface area contributed by atoms with Gasteiger partial charge in [0.2, 0.25) is 0 Å². The third-order valence-corrected chi connectivity index (χ3v) is 4.97. The van der Waals surface area contributed by atoms with Gasteiger partial charge >= 0.3 is 5.97 Å². The molecule has 1 heterocycles. The summed E-state index contributed by atoms with van der Waals surface area (Å²) in [7, 11) is 0. The molecule has 2 N–H and O–H groups in total. The van der Waals surface area contributed by atoms with Crippen molar-refractivity contribution in [3.8, 4) is 0 Å². The first-order valence-corrected chi connectivity index (χ1v) is 7.98. The van der Waals surface area contributed by atoms with E-state index in [1.165, 1.54) is 28.2 Å². The summed E-state index contributed by atoms with van der Waals surface area (Å²) in [5.74, 6) is -0.548. The van der Waals surface area contributed by atoms with Crippen LogP contribution in [0, 0.1) is 5.92 Å². The Kier molecular flexibility index (Phi) is 4.81. The molecule has 0 spiro atoms. The van der Waals surface area contributed by atoms with Crippen LogP contribution >= 0.6 is 11.3 Å². The highest BCUT2D eigenvalue weighted by Crippen LogP contribution is 2.32. The van der Waals surface area contributed by atoms with Crippen molar-refractivity contribution in [2.45, 2.75) is 52.0 Å². The topological polar surface area (TPSA) is 66.4 Å².